The molecule has 2 aromatic rings. The number of hydrogen-bond acceptors (Lipinski definition) is 5. The summed E-state index contributed by atoms with van der Waals surface area (Å²) < 4.78 is 6.07. The highest BCUT2D eigenvalue weighted by molar-refractivity contribution is 5.80. The van der Waals surface area contributed by atoms with Crippen LogP contribution in [0, 0.1) is 5.92 Å². The maximum Gasteiger partial charge on any atom is 0.229 e. The minimum Gasteiger partial charge on any atom is -0.474 e. The van der Waals surface area contributed by atoms with Gasteiger partial charge >= 0.3 is 0 Å². The van der Waals surface area contributed by atoms with Gasteiger partial charge in [-0.3, -0.25) is 5.10 Å². The van der Waals surface area contributed by atoms with Gasteiger partial charge in [0.1, 0.15) is 11.5 Å². The van der Waals surface area contributed by atoms with Crippen molar-refractivity contribution in [2.45, 2.75) is 38.7 Å². The number of ether oxygens (including phenoxy) is 1. The van der Waals surface area contributed by atoms with E-state index in [0.717, 1.165) is 24.1 Å². The monoisotopic (exact) mass is 261 g/mol. The average molecular weight is 261 g/mol. The van der Waals surface area contributed by atoms with Crippen LogP contribution in [-0.2, 0) is 0 Å². The fourth-order valence-electron chi connectivity index (χ4n) is 2.52. The van der Waals surface area contributed by atoms with Gasteiger partial charge in [0.05, 0.1) is 6.20 Å². The molecule has 2 N–H and O–H groups in total. The van der Waals surface area contributed by atoms with Crippen molar-refractivity contribution in [3.05, 3.63) is 6.20 Å². The molecular formula is C13H19N5O. The van der Waals surface area contributed by atoms with Crippen molar-refractivity contribution in [3.8, 4) is 5.88 Å². The highest BCUT2D eigenvalue weighted by Gasteiger charge is 2.21. The minimum atomic E-state index is 0.258. The molecule has 1 saturated carbocycles. The van der Waals surface area contributed by atoms with Gasteiger partial charge in [-0.15, -0.1) is 0 Å². The van der Waals surface area contributed by atoms with Crippen molar-refractivity contribution in [2.75, 3.05) is 12.4 Å². The second-order valence-corrected chi connectivity index (χ2v) is 5.23. The number of fused-ring (bicyclic) bond motifs is 1. The van der Waals surface area contributed by atoms with E-state index < -0.39 is 0 Å². The molecule has 0 saturated heterocycles. The number of aromatic amines is 1. The predicted octanol–water partition coefficient (Wildman–Crippen LogP) is 2.35. The second-order valence-electron chi connectivity index (χ2n) is 5.23. The van der Waals surface area contributed by atoms with Gasteiger partial charge in [-0.1, -0.05) is 6.92 Å². The summed E-state index contributed by atoms with van der Waals surface area (Å²) in [6.45, 7) is 2.30. The first kappa shape index (κ1) is 12.2. The van der Waals surface area contributed by atoms with Gasteiger partial charge in [-0.05, 0) is 31.6 Å². The molecule has 0 unspecified atom stereocenters. The Bertz CT molecular complexity index is 559. The van der Waals surface area contributed by atoms with Crippen molar-refractivity contribution in [3.63, 3.8) is 0 Å². The Hall–Kier alpha value is -1.85. The number of hydrogen-bond donors (Lipinski definition) is 2. The molecule has 0 amide bonds. The Kier molecular flexibility index (Phi) is 3.23. The third-order valence-corrected chi connectivity index (χ3v) is 3.74. The number of rotatable bonds is 3. The molecular weight excluding hydrogens is 242 g/mol. The van der Waals surface area contributed by atoms with Gasteiger partial charge < -0.3 is 10.1 Å². The third kappa shape index (κ3) is 2.47. The van der Waals surface area contributed by atoms with Gasteiger partial charge in [0, 0.05) is 7.05 Å². The van der Waals surface area contributed by atoms with Crippen LogP contribution in [0.4, 0.5) is 5.95 Å². The molecule has 19 heavy (non-hydrogen) atoms. The Morgan fingerprint density at radius 3 is 2.79 bits per heavy atom. The maximum atomic E-state index is 6.07. The molecule has 0 atom stereocenters. The SMILES string of the molecule is CNc1nc(OC2CCC(C)CC2)c2cn[nH]c2n1. The number of H-pyrrole nitrogens is 1. The lowest BCUT2D eigenvalue weighted by Crippen LogP contribution is -2.23. The first-order chi connectivity index (χ1) is 9.26. The molecule has 6 nitrogen and oxygen atoms in total. The molecule has 2 heterocycles. The van der Waals surface area contributed by atoms with E-state index in [-0.39, 0.29) is 6.10 Å². The zero-order chi connectivity index (χ0) is 13.2. The van der Waals surface area contributed by atoms with Crippen LogP contribution in [0.5, 0.6) is 5.88 Å². The summed E-state index contributed by atoms with van der Waals surface area (Å²) in [6.07, 6.45) is 6.62. The first-order valence-electron chi connectivity index (χ1n) is 6.82. The molecule has 0 radical (unpaired) electrons. The van der Waals surface area contributed by atoms with Crippen LogP contribution >= 0.6 is 0 Å². The number of aromatic nitrogens is 4. The molecule has 3 rings (SSSR count). The lowest BCUT2D eigenvalue weighted by Gasteiger charge is -2.26. The molecule has 0 aromatic carbocycles. The van der Waals surface area contributed by atoms with Crippen LogP contribution < -0.4 is 10.1 Å². The third-order valence-electron chi connectivity index (χ3n) is 3.74. The highest BCUT2D eigenvalue weighted by atomic mass is 16.5. The van der Waals surface area contributed by atoms with E-state index in [1.54, 1.807) is 13.2 Å². The lowest BCUT2D eigenvalue weighted by molar-refractivity contribution is 0.132. The van der Waals surface area contributed by atoms with Crippen molar-refractivity contribution in [1.82, 2.24) is 20.2 Å². The molecule has 0 bridgehead atoms. The summed E-state index contributed by atoms with van der Waals surface area (Å²) in [5.74, 6) is 1.99. The number of anilines is 1. The van der Waals surface area contributed by atoms with Crippen molar-refractivity contribution >= 4 is 17.0 Å². The van der Waals surface area contributed by atoms with Crippen molar-refractivity contribution in [1.29, 1.82) is 0 Å². The van der Waals surface area contributed by atoms with E-state index in [1.807, 2.05) is 0 Å². The summed E-state index contributed by atoms with van der Waals surface area (Å²) in [6, 6.07) is 0. The summed E-state index contributed by atoms with van der Waals surface area (Å²) in [7, 11) is 1.80. The minimum absolute atomic E-state index is 0.258. The van der Waals surface area contributed by atoms with Crippen LogP contribution in [0.15, 0.2) is 6.20 Å². The molecule has 6 heteroatoms. The van der Waals surface area contributed by atoms with Gasteiger partial charge in [0.2, 0.25) is 11.8 Å². The fraction of sp³-hybridized carbons (Fsp3) is 0.615. The Labute approximate surface area is 112 Å². The molecule has 0 aliphatic heterocycles. The molecule has 2 aromatic heterocycles. The molecule has 1 aliphatic rings. The predicted molar refractivity (Wildman–Crippen MR) is 73.3 cm³/mol. The number of nitrogens with one attached hydrogen (secondary N) is 2. The quantitative estimate of drug-likeness (QED) is 0.887. The van der Waals surface area contributed by atoms with Crippen LogP contribution in [0.2, 0.25) is 0 Å². The normalized spacial score (nSPS) is 23.5. The summed E-state index contributed by atoms with van der Waals surface area (Å²) >= 11 is 0. The second kappa shape index (κ2) is 5.03. The standard InChI is InChI=1S/C13H19N5O/c1-8-3-5-9(6-4-8)19-12-10-7-15-18-11(10)16-13(14-2)17-12/h7-9H,3-6H2,1-2H3,(H2,14,15,16,17,18). The van der Waals surface area contributed by atoms with E-state index in [0.29, 0.717) is 17.5 Å². The zero-order valence-corrected chi connectivity index (χ0v) is 11.3. The topological polar surface area (TPSA) is 75.7 Å². The molecule has 102 valence electrons. The van der Waals surface area contributed by atoms with Crippen LogP contribution in [0.1, 0.15) is 32.6 Å². The van der Waals surface area contributed by atoms with Gasteiger partial charge in [-0.2, -0.15) is 15.1 Å². The Morgan fingerprint density at radius 1 is 1.26 bits per heavy atom. The van der Waals surface area contributed by atoms with E-state index in [9.17, 15) is 0 Å². The summed E-state index contributed by atoms with van der Waals surface area (Å²) in [5, 5.41) is 10.7. The molecule has 1 fully saturated rings. The molecule has 1 aliphatic carbocycles. The summed E-state index contributed by atoms with van der Waals surface area (Å²) in [5.41, 5.74) is 0.707. The van der Waals surface area contributed by atoms with Crippen molar-refractivity contribution in [2.24, 2.45) is 5.92 Å². The van der Waals surface area contributed by atoms with Crippen LogP contribution in [-0.4, -0.2) is 33.3 Å². The van der Waals surface area contributed by atoms with E-state index in [4.69, 9.17) is 4.74 Å². The first-order valence-corrected chi connectivity index (χ1v) is 6.82. The van der Waals surface area contributed by atoms with Gasteiger partial charge in [0.15, 0.2) is 5.65 Å². The fourth-order valence-corrected chi connectivity index (χ4v) is 2.52. The van der Waals surface area contributed by atoms with Gasteiger partial charge in [-0.25, -0.2) is 0 Å². The van der Waals surface area contributed by atoms with Crippen LogP contribution in [0.25, 0.3) is 11.0 Å². The Morgan fingerprint density at radius 2 is 2.05 bits per heavy atom. The van der Waals surface area contributed by atoms with Gasteiger partial charge in [0.25, 0.3) is 0 Å². The Balaban J connectivity index is 1.85. The summed E-state index contributed by atoms with van der Waals surface area (Å²) in [4.78, 5) is 8.70. The largest absolute Gasteiger partial charge is 0.474 e. The zero-order valence-electron chi connectivity index (χ0n) is 11.3. The average Bonchev–Trinajstić information content (AvgIpc) is 2.89. The van der Waals surface area contributed by atoms with E-state index in [2.05, 4.69) is 32.4 Å². The van der Waals surface area contributed by atoms with Crippen LogP contribution in [0.3, 0.4) is 0 Å². The highest BCUT2D eigenvalue weighted by Crippen LogP contribution is 2.29. The smallest absolute Gasteiger partial charge is 0.229 e. The van der Waals surface area contributed by atoms with E-state index in [1.165, 1.54) is 12.8 Å². The number of nitrogens with zero attached hydrogens (tertiary/aromatic N) is 3. The van der Waals surface area contributed by atoms with Crippen molar-refractivity contribution < 1.29 is 4.74 Å². The van der Waals surface area contributed by atoms with E-state index >= 15 is 0 Å². The maximum absolute atomic E-state index is 6.07. The molecule has 0 spiro atoms. The lowest BCUT2D eigenvalue weighted by atomic mass is 9.89.